The van der Waals surface area contributed by atoms with E-state index in [4.69, 9.17) is 4.74 Å². The van der Waals surface area contributed by atoms with Gasteiger partial charge in [-0.25, -0.2) is 4.39 Å². The number of halogens is 1. The van der Waals surface area contributed by atoms with Crippen molar-refractivity contribution in [1.82, 2.24) is 0 Å². The van der Waals surface area contributed by atoms with Crippen LogP contribution in [0.15, 0.2) is 18.2 Å². The Kier molecular flexibility index (Phi) is 5.09. The monoisotopic (exact) mass is 225 g/mol. The normalized spacial score (nSPS) is 12.2. The molecule has 0 spiro atoms. The summed E-state index contributed by atoms with van der Waals surface area (Å²) in [6.45, 7) is 7.50. The van der Waals surface area contributed by atoms with Crippen molar-refractivity contribution in [3.05, 3.63) is 24.0 Å². The number of rotatable bonds is 6. The van der Waals surface area contributed by atoms with Crippen molar-refractivity contribution in [2.75, 3.05) is 18.5 Å². The third-order valence-corrected chi connectivity index (χ3v) is 2.58. The van der Waals surface area contributed by atoms with E-state index in [2.05, 4.69) is 19.2 Å². The molecule has 0 fully saturated rings. The summed E-state index contributed by atoms with van der Waals surface area (Å²) in [7, 11) is 0. The van der Waals surface area contributed by atoms with Crippen LogP contribution >= 0.6 is 0 Å². The van der Waals surface area contributed by atoms with Crippen LogP contribution in [0.1, 0.15) is 27.2 Å². The first kappa shape index (κ1) is 12.8. The van der Waals surface area contributed by atoms with Crippen molar-refractivity contribution in [2.45, 2.75) is 27.2 Å². The maximum atomic E-state index is 13.5. The molecule has 1 aromatic carbocycles. The molecular formula is C13H20FNO. The average molecular weight is 225 g/mol. The van der Waals surface area contributed by atoms with Gasteiger partial charge in [0.1, 0.15) is 0 Å². The van der Waals surface area contributed by atoms with Gasteiger partial charge in [0.15, 0.2) is 11.6 Å². The molecular weight excluding hydrogens is 205 g/mol. The third-order valence-electron chi connectivity index (χ3n) is 2.58. The summed E-state index contributed by atoms with van der Waals surface area (Å²) < 4.78 is 18.6. The van der Waals surface area contributed by atoms with Crippen molar-refractivity contribution in [3.8, 4) is 5.75 Å². The molecule has 1 N–H and O–H groups in total. The Morgan fingerprint density at radius 2 is 2.12 bits per heavy atom. The van der Waals surface area contributed by atoms with E-state index in [9.17, 15) is 4.39 Å². The Hall–Kier alpha value is -1.25. The molecule has 0 saturated carbocycles. The molecule has 1 aromatic rings. The number of benzene rings is 1. The zero-order valence-corrected chi connectivity index (χ0v) is 10.2. The Labute approximate surface area is 96.8 Å². The Bertz CT molecular complexity index is 328. The minimum Gasteiger partial charge on any atom is -0.491 e. The van der Waals surface area contributed by atoms with Crippen molar-refractivity contribution in [2.24, 2.45) is 5.92 Å². The molecule has 0 aliphatic carbocycles. The van der Waals surface area contributed by atoms with E-state index in [1.165, 1.54) is 6.07 Å². The lowest BCUT2D eigenvalue weighted by molar-refractivity contribution is 0.321. The lowest BCUT2D eigenvalue weighted by Gasteiger charge is -2.12. The standard InChI is InChI=1S/C13H20FNO/c1-4-10(3)9-15-11-6-7-13(16-5-2)12(14)8-11/h6-8,10,15H,4-5,9H2,1-3H3. The quantitative estimate of drug-likeness (QED) is 0.797. The van der Waals surface area contributed by atoms with E-state index in [0.29, 0.717) is 18.3 Å². The highest BCUT2D eigenvalue weighted by atomic mass is 19.1. The molecule has 2 nitrogen and oxygen atoms in total. The van der Waals surface area contributed by atoms with E-state index < -0.39 is 0 Å². The van der Waals surface area contributed by atoms with Crippen LogP contribution in [0.3, 0.4) is 0 Å². The summed E-state index contributed by atoms with van der Waals surface area (Å²) in [5, 5.41) is 3.21. The summed E-state index contributed by atoms with van der Waals surface area (Å²) in [5.74, 6) is 0.599. The van der Waals surface area contributed by atoms with Gasteiger partial charge in [-0.05, 0) is 25.0 Å². The SMILES string of the molecule is CCOc1ccc(NCC(C)CC)cc1F. The molecule has 16 heavy (non-hydrogen) atoms. The summed E-state index contributed by atoms with van der Waals surface area (Å²) in [4.78, 5) is 0. The fourth-order valence-corrected chi connectivity index (χ4v) is 1.32. The predicted octanol–water partition coefficient (Wildman–Crippen LogP) is 3.68. The van der Waals surface area contributed by atoms with Gasteiger partial charge < -0.3 is 10.1 Å². The molecule has 0 aliphatic heterocycles. The molecule has 0 aromatic heterocycles. The Morgan fingerprint density at radius 3 is 2.69 bits per heavy atom. The molecule has 0 heterocycles. The van der Waals surface area contributed by atoms with Crippen LogP contribution in [0.5, 0.6) is 5.75 Å². The second-order valence-electron chi connectivity index (χ2n) is 3.97. The van der Waals surface area contributed by atoms with E-state index in [1.54, 1.807) is 6.07 Å². The van der Waals surface area contributed by atoms with E-state index in [0.717, 1.165) is 18.7 Å². The van der Waals surface area contributed by atoms with Gasteiger partial charge in [0.25, 0.3) is 0 Å². The molecule has 0 amide bonds. The lowest BCUT2D eigenvalue weighted by Crippen LogP contribution is -2.10. The number of nitrogens with one attached hydrogen (secondary N) is 1. The van der Waals surface area contributed by atoms with Crippen molar-refractivity contribution in [3.63, 3.8) is 0 Å². The highest BCUT2D eigenvalue weighted by Gasteiger charge is 2.04. The van der Waals surface area contributed by atoms with Crippen molar-refractivity contribution in [1.29, 1.82) is 0 Å². The summed E-state index contributed by atoms with van der Waals surface area (Å²) in [6.07, 6.45) is 1.12. The Balaban J connectivity index is 2.59. The first-order valence-electron chi connectivity index (χ1n) is 5.83. The number of hydrogen-bond acceptors (Lipinski definition) is 2. The largest absolute Gasteiger partial charge is 0.491 e. The second kappa shape index (κ2) is 6.36. The van der Waals surface area contributed by atoms with Crippen LogP contribution < -0.4 is 10.1 Å². The maximum absolute atomic E-state index is 13.5. The topological polar surface area (TPSA) is 21.3 Å². The second-order valence-corrected chi connectivity index (χ2v) is 3.97. The van der Waals surface area contributed by atoms with Gasteiger partial charge in [-0.15, -0.1) is 0 Å². The first-order valence-corrected chi connectivity index (χ1v) is 5.83. The van der Waals surface area contributed by atoms with Crippen LogP contribution in [0.2, 0.25) is 0 Å². The zero-order chi connectivity index (χ0) is 12.0. The van der Waals surface area contributed by atoms with Crippen LogP contribution in [-0.2, 0) is 0 Å². The van der Waals surface area contributed by atoms with E-state index in [-0.39, 0.29) is 5.82 Å². The fraction of sp³-hybridized carbons (Fsp3) is 0.538. The highest BCUT2D eigenvalue weighted by molar-refractivity contribution is 5.47. The molecule has 0 saturated heterocycles. The zero-order valence-electron chi connectivity index (χ0n) is 10.2. The summed E-state index contributed by atoms with van der Waals surface area (Å²) >= 11 is 0. The van der Waals surface area contributed by atoms with Crippen LogP contribution in [0.4, 0.5) is 10.1 Å². The molecule has 0 bridgehead atoms. The van der Waals surface area contributed by atoms with Gasteiger partial charge in [-0.1, -0.05) is 20.3 Å². The minimum absolute atomic E-state index is 0.309. The van der Waals surface area contributed by atoms with E-state index >= 15 is 0 Å². The Morgan fingerprint density at radius 1 is 1.38 bits per heavy atom. The molecule has 3 heteroatoms. The molecule has 0 aliphatic rings. The van der Waals surface area contributed by atoms with Crippen LogP contribution in [0.25, 0.3) is 0 Å². The van der Waals surface area contributed by atoms with E-state index in [1.807, 2.05) is 13.0 Å². The molecule has 0 radical (unpaired) electrons. The number of ether oxygens (including phenoxy) is 1. The van der Waals surface area contributed by atoms with Crippen LogP contribution in [0, 0.1) is 11.7 Å². The van der Waals surface area contributed by atoms with Crippen molar-refractivity contribution < 1.29 is 9.13 Å². The molecule has 1 rings (SSSR count). The van der Waals surface area contributed by atoms with Gasteiger partial charge >= 0.3 is 0 Å². The molecule has 1 atom stereocenters. The smallest absolute Gasteiger partial charge is 0.167 e. The molecule has 90 valence electrons. The van der Waals surface area contributed by atoms with Crippen LogP contribution in [-0.4, -0.2) is 13.2 Å². The third kappa shape index (κ3) is 3.72. The van der Waals surface area contributed by atoms with Gasteiger partial charge in [0.05, 0.1) is 6.61 Å². The summed E-state index contributed by atoms with van der Waals surface area (Å²) in [5.41, 5.74) is 0.807. The van der Waals surface area contributed by atoms with Gasteiger partial charge in [0.2, 0.25) is 0 Å². The first-order chi connectivity index (χ1) is 7.67. The maximum Gasteiger partial charge on any atom is 0.167 e. The molecule has 1 unspecified atom stereocenters. The van der Waals surface area contributed by atoms with Gasteiger partial charge in [0, 0.05) is 18.3 Å². The number of hydrogen-bond donors (Lipinski definition) is 1. The van der Waals surface area contributed by atoms with Gasteiger partial charge in [-0.3, -0.25) is 0 Å². The van der Waals surface area contributed by atoms with Gasteiger partial charge in [-0.2, -0.15) is 0 Å². The summed E-state index contributed by atoms with van der Waals surface area (Å²) in [6, 6.07) is 4.99. The average Bonchev–Trinajstić information content (AvgIpc) is 2.29. The predicted molar refractivity (Wildman–Crippen MR) is 65.5 cm³/mol. The van der Waals surface area contributed by atoms with Crippen molar-refractivity contribution >= 4 is 5.69 Å². The fourth-order valence-electron chi connectivity index (χ4n) is 1.32. The lowest BCUT2D eigenvalue weighted by atomic mass is 10.1. The minimum atomic E-state index is -0.309. The highest BCUT2D eigenvalue weighted by Crippen LogP contribution is 2.21. The number of anilines is 1.